The fraction of sp³-hybridized carbons (Fsp3) is 0.343. The summed E-state index contributed by atoms with van der Waals surface area (Å²) in [5.41, 5.74) is 5.63. The van der Waals surface area contributed by atoms with Crippen LogP contribution in [0, 0.1) is 6.92 Å². The normalized spacial score (nSPS) is 16.9. The maximum Gasteiger partial charge on any atom is 0.337 e. The largest absolute Gasteiger partial charge is 0.494 e. The second-order valence-corrected chi connectivity index (χ2v) is 10.7. The van der Waals surface area contributed by atoms with Crippen LogP contribution in [-0.2, 0) is 22.6 Å². The zero-order valence-corrected chi connectivity index (χ0v) is 24.0. The average molecular weight is 553 g/mol. The van der Waals surface area contributed by atoms with Crippen LogP contribution in [0.15, 0.2) is 84.9 Å². The lowest BCUT2D eigenvalue weighted by Gasteiger charge is -2.33. The second-order valence-electron chi connectivity index (χ2n) is 10.7. The van der Waals surface area contributed by atoms with E-state index in [1.807, 2.05) is 18.2 Å². The Labute approximate surface area is 243 Å². The highest BCUT2D eigenvalue weighted by molar-refractivity contribution is 5.95. The number of methoxy groups -OCH3 is 1. The number of nitrogens with one attached hydrogen (secondary N) is 2. The number of carbonyl (C=O) groups is 1. The second kappa shape index (κ2) is 14.3. The number of esters is 1. The highest BCUT2D eigenvalue weighted by atomic mass is 16.5. The summed E-state index contributed by atoms with van der Waals surface area (Å²) >= 11 is 0. The van der Waals surface area contributed by atoms with Gasteiger partial charge in [0, 0.05) is 31.5 Å². The Morgan fingerprint density at radius 2 is 1.76 bits per heavy atom. The summed E-state index contributed by atoms with van der Waals surface area (Å²) < 4.78 is 16.7. The van der Waals surface area contributed by atoms with E-state index in [1.165, 1.54) is 29.4 Å². The van der Waals surface area contributed by atoms with E-state index >= 15 is 0 Å². The number of ether oxygens (including phenoxy) is 3. The maximum atomic E-state index is 11.8. The van der Waals surface area contributed by atoms with Crippen LogP contribution in [0.5, 0.6) is 5.75 Å². The Hall–Kier alpha value is -3.71. The van der Waals surface area contributed by atoms with E-state index in [2.05, 4.69) is 84.3 Å². The monoisotopic (exact) mass is 552 g/mol. The molecular weight excluding hydrogens is 512 g/mol. The minimum atomic E-state index is -0.313. The van der Waals surface area contributed by atoms with Crippen LogP contribution in [0.25, 0.3) is 10.8 Å². The molecule has 41 heavy (non-hydrogen) atoms. The molecule has 2 N–H and O–H groups in total. The van der Waals surface area contributed by atoms with Crippen LogP contribution in [0.4, 0.5) is 0 Å². The number of hydrogen-bond acceptors (Lipinski definition) is 6. The third-order valence-corrected chi connectivity index (χ3v) is 7.91. The fourth-order valence-corrected chi connectivity index (χ4v) is 5.49. The van der Waals surface area contributed by atoms with Gasteiger partial charge in [-0.3, -0.25) is 0 Å². The lowest BCUT2D eigenvalue weighted by atomic mass is 9.86. The van der Waals surface area contributed by atoms with Gasteiger partial charge in [-0.05, 0) is 83.2 Å². The lowest BCUT2D eigenvalue weighted by molar-refractivity contribution is 0.0601. The number of carbonyl (C=O) groups excluding carboxylic acids is 1. The van der Waals surface area contributed by atoms with Crippen molar-refractivity contribution in [2.75, 3.05) is 33.4 Å². The minimum absolute atomic E-state index is 0.313. The van der Waals surface area contributed by atoms with Crippen LogP contribution in [0.1, 0.15) is 51.4 Å². The predicted molar refractivity (Wildman–Crippen MR) is 164 cm³/mol. The van der Waals surface area contributed by atoms with E-state index in [-0.39, 0.29) is 5.97 Å². The van der Waals surface area contributed by atoms with Crippen molar-refractivity contribution in [3.05, 3.63) is 113 Å². The van der Waals surface area contributed by atoms with Gasteiger partial charge in [0.25, 0.3) is 0 Å². The summed E-state index contributed by atoms with van der Waals surface area (Å²) in [7, 11) is 1.41. The number of fused-ring (bicyclic) bond motifs is 1. The van der Waals surface area contributed by atoms with Gasteiger partial charge in [0.1, 0.15) is 5.75 Å². The zero-order valence-electron chi connectivity index (χ0n) is 24.0. The van der Waals surface area contributed by atoms with Gasteiger partial charge < -0.3 is 24.8 Å². The molecule has 5 rings (SSSR count). The number of piperidine rings is 1. The standard InChI is InChI=1S/C35H40N2O4/c1-25-6-3-4-7-31(25)24-40-18-5-19-41-32-14-12-27(13-15-32)33-16-17-36-23-34(33)37-22-26-8-9-29-21-30(35(38)39-2)11-10-28(29)20-26/h3-4,6-15,20-21,33-34,36-37H,5,16-19,22-24H2,1-2H3/t33-,34?/m0/s1. The third-order valence-electron chi connectivity index (χ3n) is 7.91. The SMILES string of the molecule is COC(=O)c1ccc2cc(CNC3CNCC[C@H]3c3ccc(OCCCOCc4ccccc4C)cc3)ccc2c1. The van der Waals surface area contributed by atoms with E-state index in [4.69, 9.17) is 14.2 Å². The molecule has 214 valence electrons. The Bertz CT molecular complexity index is 1440. The van der Waals surface area contributed by atoms with E-state index in [0.29, 0.717) is 37.3 Å². The first-order valence-corrected chi connectivity index (χ1v) is 14.5. The summed E-state index contributed by atoms with van der Waals surface area (Å²) in [6, 6.07) is 29.3. The molecule has 0 aliphatic carbocycles. The molecule has 1 heterocycles. The number of rotatable bonds is 12. The molecule has 0 spiro atoms. The number of benzene rings is 4. The molecule has 0 radical (unpaired) electrons. The first kappa shape index (κ1) is 28.8. The van der Waals surface area contributed by atoms with Gasteiger partial charge in [0.05, 0.1) is 32.5 Å². The van der Waals surface area contributed by atoms with Crippen molar-refractivity contribution in [1.82, 2.24) is 10.6 Å². The quantitative estimate of drug-likeness (QED) is 0.162. The van der Waals surface area contributed by atoms with E-state index < -0.39 is 0 Å². The Kier molecular flexibility index (Phi) is 10.0. The average Bonchev–Trinajstić information content (AvgIpc) is 3.02. The molecule has 0 aromatic heterocycles. The first-order chi connectivity index (χ1) is 20.1. The topological polar surface area (TPSA) is 68.8 Å². The van der Waals surface area contributed by atoms with Crippen molar-refractivity contribution < 1.29 is 19.0 Å². The molecule has 0 bridgehead atoms. The number of aryl methyl sites for hydroxylation is 1. The highest BCUT2D eigenvalue weighted by Gasteiger charge is 2.26. The predicted octanol–water partition coefficient (Wildman–Crippen LogP) is 6.16. The molecule has 4 aromatic carbocycles. The van der Waals surface area contributed by atoms with Crippen LogP contribution in [-0.4, -0.2) is 45.4 Å². The summed E-state index contributed by atoms with van der Waals surface area (Å²) in [4.78, 5) is 11.8. The Morgan fingerprint density at radius 1 is 0.951 bits per heavy atom. The molecule has 1 unspecified atom stereocenters. The van der Waals surface area contributed by atoms with Gasteiger partial charge in [-0.1, -0.05) is 54.6 Å². The van der Waals surface area contributed by atoms with Gasteiger partial charge in [-0.15, -0.1) is 0 Å². The van der Waals surface area contributed by atoms with Crippen molar-refractivity contribution in [3.8, 4) is 5.75 Å². The molecule has 6 nitrogen and oxygen atoms in total. The van der Waals surface area contributed by atoms with Gasteiger partial charge in [0.2, 0.25) is 0 Å². The fourth-order valence-electron chi connectivity index (χ4n) is 5.49. The van der Waals surface area contributed by atoms with E-state index in [1.54, 1.807) is 0 Å². The smallest absolute Gasteiger partial charge is 0.337 e. The zero-order chi connectivity index (χ0) is 28.4. The molecule has 1 aliphatic heterocycles. The van der Waals surface area contributed by atoms with Gasteiger partial charge >= 0.3 is 5.97 Å². The summed E-state index contributed by atoms with van der Waals surface area (Å²) in [6.45, 7) is 6.81. The first-order valence-electron chi connectivity index (χ1n) is 14.5. The van der Waals surface area contributed by atoms with Crippen molar-refractivity contribution in [3.63, 3.8) is 0 Å². The summed E-state index contributed by atoms with van der Waals surface area (Å²) in [5, 5.41) is 9.49. The van der Waals surface area contributed by atoms with Gasteiger partial charge in [0.15, 0.2) is 0 Å². The van der Waals surface area contributed by atoms with Gasteiger partial charge in [-0.2, -0.15) is 0 Å². The van der Waals surface area contributed by atoms with Crippen LogP contribution >= 0.6 is 0 Å². The van der Waals surface area contributed by atoms with E-state index in [9.17, 15) is 4.79 Å². The van der Waals surface area contributed by atoms with Crippen LogP contribution in [0.3, 0.4) is 0 Å². The molecule has 2 atom stereocenters. The molecule has 0 amide bonds. The highest BCUT2D eigenvalue weighted by Crippen LogP contribution is 2.28. The molecule has 1 saturated heterocycles. The van der Waals surface area contributed by atoms with Crippen molar-refractivity contribution in [2.24, 2.45) is 0 Å². The molecule has 1 aliphatic rings. The van der Waals surface area contributed by atoms with Crippen molar-refractivity contribution in [1.29, 1.82) is 0 Å². The van der Waals surface area contributed by atoms with Crippen molar-refractivity contribution in [2.45, 2.75) is 44.9 Å². The summed E-state index contributed by atoms with van der Waals surface area (Å²) in [5.74, 6) is 1.02. The Morgan fingerprint density at radius 3 is 2.59 bits per heavy atom. The van der Waals surface area contributed by atoms with Gasteiger partial charge in [-0.25, -0.2) is 4.79 Å². The van der Waals surface area contributed by atoms with E-state index in [0.717, 1.165) is 49.0 Å². The van der Waals surface area contributed by atoms with Crippen LogP contribution < -0.4 is 15.4 Å². The molecule has 4 aromatic rings. The van der Waals surface area contributed by atoms with Crippen molar-refractivity contribution >= 4 is 16.7 Å². The van der Waals surface area contributed by atoms with Crippen LogP contribution in [0.2, 0.25) is 0 Å². The lowest BCUT2D eigenvalue weighted by Crippen LogP contribution is -2.47. The summed E-state index contributed by atoms with van der Waals surface area (Å²) in [6.07, 6.45) is 1.94. The molecule has 1 fully saturated rings. The Balaban J connectivity index is 1.10. The molecular formula is C35H40N2O4. The molecule has 6 heteroatoms. The molecule has 0 saturated carbocycles. The number of hydrogen-bond donors (Lipinski definition) is 2. The minimum Gasteiger partial charge on any atom is -0.494 e. The third kappa shape index (κ3) is 7.73. The maximum absolute atomic E-state index is 11.8.